The third-order valence-electron chi connectivity index (χ3n) is 7.11. The molecule has 3 aliphatic rings. The molecule has 8 nitrogen and oxygen atoms in total. The molecule has 35 heavy (non-hydrogen) atoms. The number of phenols is 1. The van der Waals surface area contributed by atoms with Crippen molar-refractivity contribution in [3.63, 3.8) is 0 Å². The van der Waals surface area contributed by atoms with Gasteiger partial charge in [0.1, 0.15) is 5.75 Å². The van der Waals surface area contributed by atoms with Crippen molar-refractivity contribution in [2.24, 2.45) is 0 Å². The predicted octanol–water partition coefficient (Wildman–Crippen LogP) is 2.06. The molecule has 1 aliphatic carbocycles. The van der Waals surface area contributed by atoms with Crippen LogP contribution in [0, 0.1) is 0 Å². The Morgan fingerprint density at radius 2 is 1.89 bits per heavy atom. The number of carbonyl (C=O) groups is 1. The number of benzene rings is 2. The Bertz CT molecular complexity index is 1170. The Balaban J connectivity index is 1.67. The molecule has 2 atom stereocenters. The summed E-state index contributed by atoms with van der Waals surface area (Å²) < 4.78 is 6.55. The minimum atomic E-state index is -1.35. The van der Waals surface area contributed by atoms with Gasteiger partial charge in [0.15, 0.2) is 5.72 Å². The highest BCUT2D eigenvalue weighted by molar-refractivity contribution is 6.01. The molecule has 2 heterocycles. The number of hydrogen-bond donors (Lipinski definition) is 5. The van der Waals surface area contributed by atoms with E-state index in [1.807, 2.05) is 6.08 Å². The van der Waals surface area contributed by atoms with Crippen LogP contribution in [-0.2, 0) is 16.1 Å². The molecule has 0 bridgehead atoms. The van der Waals surface area contributed by atoms with Crippen molar-refractivity contribution in [1.29, 1.82) is 0 Å². The fourth-order valence-electron chi connectivity index (χ4n) is 4.75. The zero-order chi connectivity index (χ0) is 25.0. The number of nitrogens with zero attached hydrogens (tertiary/aromatic N) is 1. The lowest BCUT2D eigenvalue weighted by atomic mass is 9.89. The molecule has 1 amide bonds. The van der Waals surface area contributed by atoms with Gasteiger partial charge in [-0.25, -0.2) is 0 Å². The maximum Gasteiger partial charge on any atom is 0.257 e. The second-order valence-corrected chi connectivity index (χ2v) is 10.4. The molecular weight excluding hydrogens is 448 g/mol. The van der Waals surface area contributed by atoms with Gasteiger partial charge in [0, 0.05) is 28.9 Å². The quantitative estimate of drug-likeness (QED) is 0.411. The van der Waals surface area contributed by atoms with Crippen LogP contribution in [0.25, 0.3) is 0 Å². The van der Waals surface area contributed by atoms with Crippen molar-refractivity contribution >= 4 is 5.91 Å². The van der Waals surface area contributed by atoms with Crippen molar-refractivity contribution in [1.82, 2.24) is 10.2 Å². The average Bonchev–Trinajstić information content (AvgIpc) is 3.51. The number of phenolic OH excluding ortho intramolecular Hbond substituents is 1. The lowest BCUT2D eigenvalue weighted by molar-refractivity contribution is -0.133. The molecule has 0 aromatic heterocycles. The molecule has 5 N–H and O–H groups in total. The van der Waals surface area contributed by atoms with E-state index in [0.29, 0.717) is 48.1 Å². The number of β-amino-alcohol motifs (C(OH)–C–C–N with tert-alkyl or cyclic N) is 1. The fraction of sp³-hybridized carbons (Fsp3) is 0.444. The normalized spacial score (nSPS) is 25.2. The summed E-state index contributed by atoms with van der Waals surface area (Å²) in [6.07, 6.45) is 3.13. The number of amides is 1. The molecule has 8 heteroatoms. The molecule has 2 aromatic carbocycles. The van der Waals surface area contributed by atoms with Gasteiger partial charge in [0.05, 0.1) is 30.5 Å². The fourth-order valence-corrected chi connectivity index (χ4v) is 4.75. The number of aromatic hydroxyl groups is 1. The minimum Gasteiger partial charge on any atom is -0.508 e. The van der Waals surface area contributed by atoms with Crippen LogP contribution >= 0.6 is 0 Å². The standard InChI is InChI=1S/C27H32N2O6/c1-25(2,33)18-5-10-23-22(13-18)24(32)29(15-19-6-9-21(31)14-28-19)27(23,35-16-26(34)11-12-26)17-3-7-20(30)8-4-17/h3-8,10,13,21,28,30-31,33-34H,9,11-12,14-16H2,1-2H3. The van der Waals surface area contributed by atoms with E-state index in [0.717, 1.165) is 5.70 Å². The largest absolute Gasteiger partial charge is 0.508 e. The number of aliphatic hydroxyl groups is 3. The average molecular weight is 481 g/mol. The SMILES string of the molecule is CC(C)(O)c1ccc2c(c1)C(=O)N(CC1=CCC(O)CN1)C2(OCC1(O)CC1)c1ccc(O)cc1. The van der Waals surface area contributed by atoms with Crippen LogP contribution in [-0.4, -0.2) is 62.6 Å². The van der Waals surface area contributed by atoms with Gasteiger partial charge in [-0.3, -0.25) is 9.69 Å². The molecule has 1 fully saturated rings. The van der Waals surface area contributed by atoms with Crippen LogP contribution in [0.3, 0.4) is 0 Å². The molecular formula is C27H32N2O6. The van der Waals surface area contributed by atoms with Crippen molar-refractivity contribution in [2.75, 3.05) is 19.7 Å². The Morgan fingerprint density at radius 3 is 2.49 bits per heavy atom. The third kappa shape index (κ3) is 4.31. The molecule has 5 rings (SSSR count). The van der Waals surface area contributed by atoms with Gasteiger partial charge >= 0.3 is 0 Å². The highest BCUT2D eigenvalue weighted by Gasteiger charge is 2.55. The monoisotopic (exact) mass is 480 g/mol. The maximum absolute atomic E-state index is 14.0. The van der Waals surface area contributed by atoms with Gasteiger partial charge in [-0.1, -0.05) is 30.3 Å². The first-order chi connectivity index (χ1) is 16.5. The summed E-state index contributed by atoms with van der Waals surface area (Å²) in [4.78, 5) is 15.6. The number of carbonyl (C=O) groups excluding carboxylic acids is 1. The lowest BCUT2D eigenvalue weighted by Crippen LogP contribution is -2.50. The summed E-state index contributed by atoms with van der Waals surface area (Å²) in [5.41, 5.74) is -0.368. The lowest BCUT2D eigenvalue weighted by Gasteiger charge is -2.41. The Labute approximate surface area is 204 Å². The van der Waals surface area contributed by atoms with E-state index in [1.54, 1.807) is 61.2 Å². The van der Waals surface area contributed by atoms with Crippen LogP contribution in [0.1, 0.15) is 60.2 Å². The van der Waals surface area contributed by atoms with Crippen LogP contribution in [0.5, 0.6) is 5.75 Å². The number of hydrogen-bond acceptors (Lipinski definition) is 7. The van der Waals surface area contributed by atoms with E-state index in [9.17, 15) is 25.2 Å². The molecule has 0 radical (unpaired) electrons. The summed E-state index contributed by atoms with van der Waals surface area (Å²) in [5, 5.41) is 44.3. The highest BCUT2D eigenvalue weighted by atomic mass is 16.5. The number of nitrogens with one attached hydrogen (secondary N) is 1. The van der Waals surface area contributed by atoms with Crippen molar-refractivity contribution in [3.05, 3.63) is 76.5 Å². The van der Waals surface area contributed by atoms with Gasteiger partial charge in [-0.2, -0.15) is 0 Å². The molecule has 0 spiro atoms. The molecule has 2 unspecified atom stereocenters. The van der Waals surface area contributed by atoms with Gasteiger partial charge in [-0.05, 0) is 56.9 Å². The first-order valence-corrected chi connectivity index (χ1v) is 12.0. The first kappa shape index (κ1) is 23.8. The Kier molecular flexibility index (Phi) is 5.68. The van der Waals surface area contributed by atoms with E-state index >= 15 is 0 Å². The maximum atomic E-state index is 14.0. The van der Waals surface area contributed by atoms with Crippen LogP contribution < -0.4 is 5.32 Å². The van der Waals surface area contributed by atoms with Crippen LogP contribution in [0.4, 0.5) is 0 Å². The molecule has 0 saturated heterocycles. The molecule has 186 valence electrons. The summed E-state index contributed by atoms with van der Waals surface area (Å²) in [6.45, 7) is 3.95. The van der Waals surface area contributed by atoms with E-state index < -0.39 is 23.0 Å². The summed E-state index contributed by atoms with van der Waals surface area (Å²) >= 11 is 0. The topological polar surface area (TPSA) is 122 Å². The third-order valence-corrected chi connectivity index (χ3v) is 7.11. The number of rotatable bonds is 7. The van der Waals surface area contributed by atoms with E-state index in [4.69, 9.17) is 4.74 Å². The molecule has 1 saturated carbocycles. The number of fused-ring (bicyclic) bond motifs is 1. The number of ether oxygens (including phenoxy) is 1. The van der Waals surface area contributed by atoms with E-state index in [-0.39, 0.29) is 24.8 Å². The molecule has 2 aliphatic heterocycles. The second-order valence-electron chi connectivity index (χ2n) is 10.4. The van der Waals surface area contributed by atoms with Gasteiger partial charge in [0.2, 0.25) is 0 Å². The number of aliphatic hydroxyl groups excluding tert-OH is 1. The van der Waals surface area contributed by atoms with Crippen molar-refractivity contribution in [2.45, 2.75) is 56.1 Å². The van der Waals surface area contributed by atoms with Crippen molar-refractivity contribution in [3.8, 4) is 5.75 Å². The van der Waals surface area contributed by atoms with Crippen LogP contribution in [0.15, 0.2) is 54.2 Å². The van der Waals surface area contributed by atoms with Gasteiger partial charge in [0.25, 0.3) is 5.91 Å². The van der Waals surface area contributed by atoms with E-state index in [1.165, 1.54) is 0 Å². The van der Waals surface area contributed by atoms with Crippen LogP contribution in [0.2, 0.25) is 0 Å². The summed E-state index contributed by atoms with van der Waals surface area (Å²) in [7, 11) is 0. The molecule has 2 aromatic rings. The summed E-state index contributed by atoms with van der Waals surface area (Å²) in [5.74, 6) is -0.181. The van der Waals surface area contributed by atoms with Crippen molar-refractivity contribution < 1.29 is 30.0 Å². The minimum absolute atomic E-state index is 0.0372. The Morgan fingerprint density at radius 1 is 1.17 bits per heavy atom. The van der Waals surface area contributed by atoms with E-state index in [2.05, 4.69) is 5.32 Å². The second kappa shape index (κ2) is 8.34. The van der Waals surface area contributed by atoms with Gasteiger partial charge < -0.3 is 30.5 Å². The smallest absolute Gasteiger partial charge is 0.257 e. The summed E-state index contributed by atoms with van der Waals surface area (Å²) in [6, 6.07) is 11.8. The first-order valence-electron chi connectivity index (χ1n) is 12.0. The van der Waals surface area contributed by atoms with Gasteiger partial charge in [-0.15, -0.1) is 0 Å². The Hall–Kier alpha value is -2.91. The highest BCUT2D eigenvalue weighted by Crippen LogP contribution is 2.48. The zero-order valence-electron chi connectivity index (χ0n) is 20.0. The predicted molar refractivity (Wildman–Crippen MR) is 128 cm³/mol. The zero-order valence-corrected chi connectivity index (χ0v) is 20.0.